The molecule has 0 spiro atoms. The van der Waals surface area contributed by atoms with Crippen LogP contribution in [0.5, 0.6) is 0 Å². The first-order chi connectivity index (χ1) is 14.6. The van der Waals surface area contributed by atoms with Crippen molar-refractivity contribution >= 4 is 0 Å². The first kappa shape index (κ1) is 19.2. The molecule has 4 saturated carbocycles. The first-order valence-electron chi connectivity index (χ1n) is 11.0. The first-order valence-corrected chi connectivity index (χ1v) is 11.0. The molecule has 8 nitrogen and oxygen atoms in total. The zero-order valence-electron chi connectivity index (χ0n) is 17.5. The van der Waals surface area contributed by atoms with Crippen LogP contribution < -0.4 is 0 Å². The van der Waals surface area contributed by atoms with Gasteiger partial charge in [0.05, 0.1) is 17.0 Å². The Morgan fingerprint density at radius 3 is 2.53 bits per heavy atom. The Bertz CT molecular complexity index is 979. The van der Waals surface area contributed by atoms with E-state index in [1.54, 1.807) is 0 Å². The monoisotopic (exact) mass is 405 g/mol. The van der Waals surface area contributed by atoms with Gasteiger partial charge < -0.3 is 0 Å². The van der Waals surface area contributed by atoms with Gasteiger partial charge in [0.25, 0.3) is 0 Å². The predicted octanol–water partition coefficient (Wildman–Crippen LogP) is 3.69. The molecule has 0 radical (unpaired) electrons. The number of hydrogen-bond donors (Lipinski definition) is 0. The van der Waals surface area contributed by atoms with Gasteiger partial charge in [0.1, 0.15) is 12.1 Å². The molecule has 0 aliphatic heterocycles. The van der Waals surface area contributed by atoms with Crippen LogP contribution in [0.15, 0.2) is 23.5 Å². The standard InChI is InChI=1S/C22H27N7O/c1-3-17-6-4-5-14(2)20(17)29-21(24-25-26-29)22(28(27-30)8-7-23)18-10-15-9-16(12-18)13-19(22)11-15/h4-6,15-16,18-19H,3,8-13H2,1-2H3. The van der Waals surface area contributed by atoms with E-state index in [4.69, 9.17) is 0 Å². The van der Waals surface area contributed by atoms with Crippen molar-refractivity contribution in [3.63, 3.8) is 0 Å². The van der Waals surface area contributed by atoms with Crippen molar-refractivity contribution in [1.29, 1.82) is 5.26 Å². The summed E-state index contributed by atoms with van der Waals surface area (Å²) in [5, 5.41) is 27.4. The van der Waals surface area contributed by atoms with E-state index in [2.05, 4.69) is 58.9 Å². The summed E-state index contributed by atoms with van der Waals surface area (Å²) in [4.78, 5) is 12.1. The molecule has 2 aromatic rings. The molecule has 1 heterocycles. The lowest BCUT2D eigenvalue weighted by atomic mass is 9.48. The minimum absolute atomic E-state index is 0.0485. The lowest BCUT2D eigenvalue weighted by molar-refractivity contribution is -0.144. The van der Waals surface area contributed by atoms with Crippen LogP contribution in [0.2, 0.25) is 0 Å². The van der Waals surface area contributed by atoms with Crippen LogP contribution in [0, 0.1) is 46.8 Å². The summed E-state index contributed by atoms with van der Waals surface area (Å²) < 4.78 is 1.84. The van der Waals surface area contributed by atoms with Crippen molar-refractivity contribution in [3.05, 3.63) is 40.1 Å². The third kappa shape index (κ3) is 2.54. The number of tetrazole rings is 1. The number of nitrogens with zero attached hydrogens (tertiary/aromatic N) is 7. The zero-order valence-corrected chi connectivity index (χ0v) is 17.5. The fourth-order valence-electron chi connectivity index (χ4n) is 6.99. The quantitative estimate of drug-likeness (QED) is 0.413. The Morgan fingerprint density at radius 2 is 1.93 bits per heavy atom. The van der Waals surface area contributed by atoms with E-state index < -0.39 is 5.54 Å². The van der Waals surface area contributed by atoms with Gasteiger partial charge in [-0.05, 0) is 90.7 Å². The predicted molar refractivity (Wildman–Crippen MR) is 110 cm³/mol. The van der Waals surface area contributed by atoms with Crippen molar-refractivity contribution in [3.8, 4) is 11.8 Å². The molecule has 4 bridgehead atoms. The second kappa shape index (κ2) is 7.15. The van der Waals surface area contributed by atoms with Gasteiger partial charge in [-0.2, -0.15) is 9.94 Å². The average molecular weight is 406 g/mol. The van der Waals surface area contributed by atoms with Crippen LogP contribution in [0.25, 0.3) is 5.69 Å². The summed E-state index contributed by atoms with van der Waals surface area (Å²) >= 11 is 0. The van der Waals surface area contributed by atoms with E-state index in [1.807, 2.05) is 4.68 Å². The van der Waals surface area contributed by atoms with Gasteiger partial charge in [-0.1, -0.05) is 25.1 Å². The molecule has 0 saturated heterocycles. The molecule has 8 heteroatoms. The minimum Gasteiger partial charge on any atom is -0.232 e. The van der Waals surface area contributed by atoms with Crippen LogP contribution in [0.3, 0.4) is 0 Å². The highest BCUT2D eigenvalue weighted by atomic mass is 16.3. The summed E-state index contributed by atoms with van der Waals surface area (Å²) in [7, 11) is 0. The van der Waals surface area contributed by atoms with Crippen LogP contribution >= 0.6 is 0 Å². The van der Waals surface area contributed by atoms with Crippen LogP contribution in [0.1, 0.15) is 56.0 Å². The maximum Gasteiger partial charge on any atom is 0.184 e. The van der Waals surface area contributed by atoms with Crippen molar-refractivity contribution in [2.45, 2.75) is 57.9 Å². The van der Waals surface area contributed by atoms with E-state index >= 15 is 0 Å². The zero-order chi connectivity index (χ0) is 20.9. The highest BCUT2D eigenvalue weighted by Gasteiger charge is 2.64. The summed E-state index contributed by atoms with van der Waals surface area (Å²) in [6.45, 7) is 4.14. The summed E-state index contributed by atoms with van der Waals surface area (Å²) in [5.74, 6) is 2.54. The molecule has 0 unspecified atom stereocenters. The van der Waals surface area contributed by atoms with Crippen molar-refractivity contribution in [2.24, 2.45) is 29.0 Å². The molecular formula is C22H27N7O. The average Bonchev–Trinajstić information content (AvgIpc) is 3.21. The number of aromatic nitrogens is 4. The molecule has 6 rings (SSSR count). The molecule has 0 N–H and O–H groups in total. The topological polar surface area (TPSA) is 100 Å². The smallest absolute Gasteiger partial charge is 0.184 e. The largest absolute Gasteiger partial charge is 0.232 e. The number of hydrogen-bond acceptors (Lipinski definition) is 6. The normalized spacial score (nSPS) is 31.5. The number of para-hydroxylation sites is 1. The van der Waals surface area contributed by atoms with Crippen molar-refractivity contribution in [1.82, 2.24) is 25.2 Å². The van der Waals surface area contributed by atoms with E-state index in [-0.39, 0.29) is 18.4 Å². The Kier molecular flexibility index (Phi) is 4.57. The fraction of sp³-hybridized carbons (Fsp3) is 0.636. The third-order valence-corrected chi connectivity index (χ3v) is 7.87. The molecule has 0 atom stereocenters. The second-order valence-corrected chi connectivity index (χ2v) is 9.28. The second-order valence-electron chi connectivity index (χ2n) is 9.28. The Hall–Kier alpha value is -2.82. The lowest BCUT2D eigenvalue weighted by Gasteiger charge is -2.61. The van der Waals surface area contributed by atoms with Gasteiger partial charge in [-0.25, -0.2) is 5.01 Å². The highest BCUT2D eigenvalue weighted by molar-refractivity contribution is 5.48. The van der Waals surface area contributed by atoms with E-state index in [0.29, 0.717) is 17.7 Å². The van der Waals surface area contributed by atoms with Gasteiger partial charge in [0.2, 0.25) is 0 Å². The van der Waals surface area contributed by atoms with Crippen LogP contribution in [0.4, 0.5) is 0 Å². The maximum atomic E-state index is 12.1. The molecule has 1 aromatic carbocycles. The van der Waals surface area contributed by atoms with E-state index in [9.17, 15) is 10.2 Å². The number of aryl methyl sites for hydroxylation is 2. The number of nitroso groups, excluding NO2 is 1. The number of benzene rings is 1. The van der Waals surface area contributed by atoms with Gasteiger partial charge in [-0.15, -0.1) is 10.0 Å². The van der Waals surface area contributed by atoms with Crippen LogP contribution in [-0.2, 0) is 12.0 Å². The lowest BCUT2D eigenvalue weighted by Crippen LogP contribution is -2.63. The fourth-order valence-corrected chi connectivity index (χ4v) is 6.99. The van der Waals surface area contributed by atoms with Crippen LogP contribution in [-0.4, -0.2) is 31.8 Å². The molecule has 4 fully saturated rings. The van der Waals surface area contributed by atoms with Crippen molar-refractivity contribution in [2.75, 3.05) is 6.54 Å². The summed E-state index contributed by atoms with van der Waals surface area (Å²) in [5.41, 5.74) is 2.51. The van der Waals surface area contributed by atoms with Gasteiger partial charge in [0, 0.05) is 0 Å². The number of nitriles is 1. The SMILES string of the molecule is CCc1cccc(C)c1-n1nnnc1C1(N(CC#N)N=O)C2CC3CC(C2)CC1C3. The maximum absolute atomic E-state index is 12.1. The Morgan fingerprint density at radius 1 is 1.23 bits per heavy atom. The number of rotatable bonds is 6. The Balaban J connectivity index is 1.74. The summed E-state index contributed by atoms with van der Waals surface area (Å²) in [6, 6.07) is 8.38. The molecule has 1 aromatic heterocycles. The highest BCUT2D eigenvalue weighted by Crippen LogP contribution is 2.63. The molecule has 4 aliphatic rings. The molecule has 0 amide bonds. The molecular weight excluding hydrogens is 378 g/mol. The van der Waals surface area contributed by atoms with Gasteiger partial charge in [0.15, 0.2) is 5.82 Å². The van der Waals surface area contributed by atoms with Gasteiger partial charge >= 0.3 is 0 Å². The summed E-state index contributed by atoms with van der Waals surface area (Å²) in [6.07, 6.45) is 6.33. The molecule has 4 aliphatic carbocycles. The minimum atomic E-state index is -0.721. The van der Waals surface area contributed by atoms with E-state index in [1.165, 1.54) is 11.4 Å². The van der Waals surface area contributed by atoms with Gasteiger partial charge in [-0.3, -0.25) is 0 Å². The van der Waals surface area contributed by atoms with Crippen molar-refractivity contribution < 1.29 is 0 Å². The Labute approximate surface area is 176 Å². The molecule has 156 valence electrons. The van der Waals surface area contributed by atoms with E-state index in [0.717, 1.165) is 48.9 Å². The third-order valence-electron chi connectivity index (χ3n) is 7.87. The molecule has 30 heavy (non-hydrogen) atoms.